The van der Waals surface area contributed by atoms with Crippen LogP contribution in [0.1, 0.15) is 10.6 Å². The monoisotopic (exact) mass is 337 g/mol. The number of pyridine rings is 1. The van der Waals surface area contributed by atoms with Gasteiger partial charge >= 0.3 is 0 Å². The minimum absolute atomic E-state index is 0.232. The van der Waals surface area contributed by atoms with E-state index in [9.17, 15) is 4.79 Å². The van der Waals surface area contributed by atoms with Crippen LogP contribution >= 0.6 is 11.3 Å². The van der Waals surface area contributed by atoms with Gasteiger partial charge in [-0.15, -0.1) is 0 Å². The summed E-state index contributed by atoms with van der Waals surface area (Å²) in [4.78, 5) is 21.6. The minimum atomic E-state index is -0.346. The van der Waals surface area contributed by atoms with Gasteiger partial charge in [-0.1, -0.05) is 11.3 Å². The number of nitrogens with zero attached hydrogens (tertiary/aromatic N) is 2. The van der Waals surface area contributed by atoms with Crippen molar-refractivity contribution in [2.45, 2.75) is 0 Å². The van der Waals surface area contributed by atoms with Gasteiger partial charge in [0, 0.05) is 12.4 Å². The second-order valence-corrected chi connectivity index (χ2v) is 5.84. The van der Waals surface area contributed by atoms with Crippen LogP contribution in [0.25, 0.3) is 21.9 Å². The Morgan fingerprint density at radius 2 is 1.83 bits per heavy atom. The van der Waals surface area contributed by atoms with E-state index in [1.807, 2.05) is 18.2 Å². The molecular weight excluding hydrogens is 326 g/mol. The topological polar surface area (TPSA) is 81.2 Å². The van der Waals surface area contributed by atoms with Gasteiger partial charge in [0.2, 0.25) is 0 Å². The molecule has 0 atom stereocenters. The average molecular weight is 337 g/mol. The molecule has 0 saturated heterocycles. The number of hydrogen-bond acceptors (Lipinski definition) is 6. The van der Waals surface area contributed by atoms with Crippen molar-refractivity contribution < 1.29 is 13.6 Å². The van der Waals surface area contributed by atoms with Gasteiger partial charge < -0.3 is 8.83 Å². The highest BCUT2D eigenvalue weighted by Gasteiger charge is 2.19. The maximum absolute atomic E-state index is 12.1. The SMILES string of the molecule is O=C(Nc1nc(-c2ccco2)c(-c2ccncc2)s1)c1ccco1. The minimum Gasteiger partial charge on any atom is -0.463 e. The van der Waals surface area contributed by atoms with Crippen LogP contribution in [0.2, 0.25) is 0 Å². The Balaban J connectivity index is 1.73. The number of amides is 1. The number of rotatable bonds is 4. The van der Waals surface area contributed by atoms with E-state index in [1.54, 1.807) is 36.9 Å². The molecule has 1 N–H and O–H groups in total. The summed E-state index contributed by atoms with van der Waals surface area (Å²) in [5, 5.41) is 3.22. The fourth-order valence-corrected chi connectivity index (χ4v) is 3.19. The number of thiazole rings is 1. The van der Waals surface area contributed by atoms with Crippen LogP contribution in [0.15, 0.2) is 70.2 Å². The fourth-order valence-electron chi connectivity index (χ4n) is 2.22. The van der Waals surface area contributed by atoms with E-state index in [-0.39, 0.29) is 11.7 Å². The highest BCUT2D eigenvalue weighted by atomic mass is 32.1. The van der Waals surface area contributed by atoms with Crippen molar-refractivity contribution in [2.24, 2.45) is 0 Å². The van der Waals surface area contributed by atoms with Crippen LogP contribution in [0.5, 0.6) is 0 Å². The lowest BCUT2D eigenvalue weighted by molar-refractivity contribution is 0.0996. The van der Waals surface area contributed by atoms with E-state index < -0.39 is 0 Å². The predicted molar refractivity (Wildman–Crippen MR) is 89.7 cm³/mol. The van der Waals surface area contributed by atoms with E-state index in [1.165, 1.54) is 17.6 Å². The molecule has 0 spiro atoms. The third-order valence-electron chi connectivity index (χ3n) is 3.29. The van der Waals surface area contributed by atoms with Crippen molar-refractivity contribution in [3.8, 4) is 21.9 Å². The first-order valence-electron chi connectivity index (χ1n) is 7.11. The molecule has 0 radical (unpaired) electrons. The molecule has 4 aromatic rings. The molecule has 0 saturated carbocycles. The summed E-state index contributed by atoms with van der Waals surface area (Å²) in [5.41, 5.74) is 1.62. The molecule has 7 heteroatoms. The van der Waals surface area contributed by atoms with Gasteiger partial charge in [0.25, 0.3) is 5.91 Å². The summed E-state index contributed by atoms with van der Waals surface area (Å²) >= 11 is 1.36. The third-order valence-corrected chi connectivity index (χ3v) is 4.31. The molecule has 0 aliphatic heterocycles. The molecule has 4 rings (SSSR count). The van der Waals surface area contributed by atoms with E-state index in [0.29, 0.717) is 16.6 Å². The number of nitrogens with one attached hydrogen (secondary N) is 1. The van der Waals surface area contributed by atoms with Gasteiger partial charge in [0.15, 0.2) is 16.7 Å². The highest BCUT2D eigenvalue weighted by Crippen LogP contribution is 2.39. The van der Waals surface area contributed by atoms with E-state index in [0.717, 1.165) is 10.4 Å². The summed E-state index contributed by atoms with van der Waals surface area (Å²) < 4.78 is 10.6. The number of carbonyl (C=O) groups is 1. The Morgan fingerprint density at radius 1 is 1.04 bits per heavy atom. The number of hydrogen-bond donors (Lipinski definition) is 1. The first-order chi connectivity index (χ1) is 11.8. The molecule has 0 aromatic carbocycles. The maximum Gasteiger partial charge on any atom is 0.293 e. The summed E-state index contributed by atoms with van der Waals surface area (Å²) in [6.45, 7) is 0. The first-order valence-corrected chi connectivity index (χ1v) is 7.93. The zero-order valence-electron chi connectivity index (χ0n) is 12.3. The lowest BCUT2D eigenvalue weighted by atomic mass is 10.2. The van der Waals surface area contributed by atoms with E-state index >= 15 is 0 Å². The predicted octanol–water partition coefficient (Wildman–Crippen LogP) is 4.31. The molecule has 1 amide bonds. The zero-order valence-corrected chi connectivity index (χ0v) is 13.1. The van der Waals surface area contributed by atoms with E-state index in [4.69, 9.17) is 8.83 Å². The maximum atomic E-state index is 12.1. The van der Waals surface area contributed by atoms with Crippen LogP contribution in [0, 0.1) is 0 Å². The second kappa shape index (κ2) is 6.13. The first kappa shape index (κ1) is 14.4. The Labute approximate surface area is 140 Å². The van der Waals surface area contributed by atoms with Gasteiger partial charge in [-0.2, -0.15) is 0 Å². The van der Waals surface area contributed by atoms with Gasteiger partial charge in [-0.05, 0) is 42.0 Å². The zero-order chi connectivity index (χ0) is 16.4. The average Bonchev–Trinajstić information content (AvgIpc) is 3.36. The van der Waals surface area contributed by atoms with Crippen LogP contribution in [0.3, 0.4) is 0 Å². The molecule has 0 aliphatic rings. The lowest BCUT2D eigenvalue weighted by Gasteiger charge is -1.98. The molecule has 6 nitrogen and oxygen atoms in total. The Kier molecular flexibility index (Phi) is 3.68. The standard InChI is InChI=1S/C17H11N3O3S/c21-16(13-4-2-10-23-13)20-17-19-14(12-3-1-9-22-12)15(24-17)11-5-7-18-8-6-11/h1-10H,(H,19,20,21). The van der Waals surface area contributed by atoms with Gasteiger partial charge in [0.1, 0.15) is 5.69 Å². The summed E-state index contributed by atoms with van der Waals surface area (Å²) in [5.74, 6) is 0.521. The second-order valence-electron chi connectivity index (χ2n) is 4.84. The van der Waals surface area contributed by atoms with Crippen LogP contribution in [-0.4, -0.2) is 15.9 Å². The smallest absolute Gasteiger partial charge is 0.293 e. The summed E-state index contributed by atoms with van der Waals surface area (Å²) in [6.07, 6.45) is 6.46. The van der Waals surface area contributed by atoms with E-state index in [2.05, 4.69) is 15.3 Å². The van der Waals surface area contributed by atoms with Crippen LogP contribution in [0.4, 0.5) is 5.13 Å². The Hall–Kier alpha value is -3.19. The molecule has 118 valence electrons. The van der Waals surface area contributed by atoms with Gasteiger partial charge in [-0.25, -0.2) is 4.98 Å². The van der Waals surface area contributed by atoms with Gasteiger partial charge in [-0.3, -0.25) is 15.1 Å². The van der Waals surface area contributed by atoms with Crippen molar-refractivity contribution >= 4 is 22.4 Å². The number of anilines is 1. The quantitative estimate of drug-likeness (QED) is 0.600. The molecule has 24 heavy (non-hydrogen) atoms. The molecular formula is C17H11N3O3S. The Morgan fingerprint density at radius 3 is 2.54 bits per heavy atom. The van der Waals surface area contributed by atoms with Crippen LogP contribution in [-0.2, 0) is 0 Å². The summed E-state index contributed by atoms with van der Waals surface area (Å²) in [6, 6.07) is 10.7. The fraction of sp³-hybridized carbons (Fsp3) is 0. The molecule has 4 heterocycles. The lowest BCUT2D eigenvalue weighted by Crippen LogP contribution is -2.10. The van der Waals surface area contributed by atoms with Crippen molar-refractivity contribution in [3.05, 3.63) is 67.1 Å². The molecule has 0 unspecified atom stereocenters. The summed E-state index contributed by atoms with van der Waals surface area (Å²) in [7, 11) is 0. The molecule has 0 bridgehead atoms. The van der Waals surface area contributed by atoms with Crippen molar-refractivity contribution in [2.75, 3.05) is 5.32 Å². The Bertz CT molecular complexity index is 945. The van der Waals surface area contributed by atoms with Crippen molar-refractivity contribution in [3.63, 3.8) is 0 Å². The van der Waals surface area contributed by atoms with Crippen LogP contribution < -0.4 is 5.32 Å². The number of furan rings is 2. The third kappa shape index (κ3) is 2.72. The molecule has 4 aromatic heterocycles. The normalized spacial score (nSPS) is 10.7. The van der Waals surface area contributed by atoms with Gasteiger partial charge in [0.05, 0.1) is 17.4 Å². The molecule has 0 fully saturated rings. The number of carbonyl (C=O) groups excluding carboxylic acids is 1. The number of aromatic nitrogens is 2. The largest absolute Gasteiger partial charge is 0.463 e. The van der Waals surface area contributed by atoms with Crippen molar-refractivity contribution in [1.29, 1.82) is 0 Å². The molecule has 0 aliphatic carbocycles. The van der Waals surface area contributed by atoms with Crippen molar-refractivity contribution in [1.82, 2.24) is 9.97 Å². The highest BCUT2D eigenvalue weighted by molar-refractivity contribution is 7.19.